The largest absolute Gasteiger partial charge is 0.495 e. The minimum absolute atomic E-state index is 0.333. The van der Waals surface area contributed by atoms with Gasteiger partial charge in [-0.1, -0.05) is 30.3 Å². The predicted octanol–water partition coefficient (Wildman–Crippen LogP) is 1.74. The average Bonchev–Trinajstić information content (AvgIpc) is 3.35. The zero-order valence-corrected chi connectivity index (χ0v) is 18.8. The first-order valence-corrected chi connectivity index (χ1v) is 12.8. The number of hydrogen-bond acceptors (Lipinski definition) is 3. The number of unbranched alkanes of at least 4 members (excludes halogenated alkanes) is 1. The van der Waals surface area contributed by atoms with Crippen molar-refractivity contribution in [3.63, 3.8) is 0 Å². The second-order valence-corrected chi connectivity index (χ2v) is 9.96. The summed E-state index contributed by atoms with van der Waals surface area (Å²) in [6.07, 6.45) is 15.6. The van der Waals surface area contributed by atoms with E-state index in [1.807, 2.05) is 12.3 Å². The number of imidazole rings is 2. The van der Waals surface area contributed by atoms with Crippen LogP contribution in [0.2, 0.25) is 6.04 Å². The predicted molar refractivity (Wildman–Crippen MR) is 115 cm³/mol. The summed E-state index contributed by atoms with van der Waals surface area (Å²) in [6.45, 7) is 5.79. The number of hydrogen-bond donors (Lipinski definition) is 2. The Labute approximate surface area is 179 Å². The molecule has 0 unspecified atom stereocenters. The highest BCUT2D eigenvalue weighted by Gasteiger charge is 2.31. The lowest BCUT2D eigenvalue weighted by Crippen LogP contribution is -2.40. The van der Waals surface area contributed by atoms with Crippen molar-refractivity contribution in [2.75, 3.05) is 6.61 Å². The molecule has 0 spiro atoms. The Hall–Kier alpha value is -2.26. The smallest absolute Gasteiger partial charge is 0.390 e. The van der Waals surface area contributed by atoms with E-state index in [0.29, 0.717) is 19.1 Å². The van der Waals surface area contributed by atoms with E-state index in [9.17, 15) is 9.59 Å². The van der Waals surface area contributed by atoms with E-state index in [2.05, 4.69) is 73.8 Å². The van der Waals surface area contributed by atoms with Crippen LogP contribution in [-0.2, 0) is 30.6 Å². The van der Waals surface area contributed by atoms with E-state index >= 15 is 0 Å². The first-order valence-electron chi connectivity index (χ1n) is 10.8. The third kappa shape index (κ3) is 7.53. The summed E-state index contributed by atoms with van der Waals surface area (Å²) in [4.78, 5) is 19.5. The summed E-state index contributed by atoms with van der Waals surface area (Å²) in [5, 5.41) is 0. The van der Waals surface area contributed by atoms with E-state index in [-0.39, 0.29) is 0 Å². The van der Waals surface area contributed by atoms with Crippen molar-refractivity contribution in [1.82, 2.24) is 9.13 Å². The number of aryl methyl sites for hydroxylation is 3. The fraction of sp³-hybridized carbons (Fsp3) is 0.455. The van der Waals surface area contributed by atoms with Gasteiger partial charge in [0, 0.05) is 12.7 Å². The fourth-order valence-corrected chi connectivity index (χ4v) is 4.77. The van der Waals surface area contributed by atoms with Crippen molar-refractivity contribution >= 4 is 8.80 Å². The van der Waals surface area contributed by atoms with Crippen molar-refractivity contribution in [3.8, 4) is 0 Å². The summed E-state index contributed by atoms with van der Waals surface area (Å²) >= 11 is 0. The quantitative estimate of drug-likeness (QED) is 0.247. The molecule has 0 fully saturated rings. The molecule has 2 N–H and O–H groups in total. The Morgan fingerprint density at radius 3 is 2.20 bits per heavy atom. The lowest BCUT2D eigenvalue weighted by Gasteiger charge is -2.15. The van der Waals surface area contributed by atoms with Gasteiger partial charge in [0.05, 0.1) is 19.6 Å². The van der Waals surface area contributed by atoms with E-state index in [4.69, 9.17) is 4.43 Å². The van der Waals surface area contributed by atoms with Crippen LogP contribution < -0.4 is 9.13 Å². The summed E-state index contributed by atoms with van der Waals surface area (Å²) in [5.41, 5.74) is 1.31. The molecule has 0 amide bonds. The number of aromatic nitrogens is 4. The Balaban J connectivity index is 1.33. The van der Waals surface area contributed by atoms with Crippen LogP contribution in [0.15, 0.2) is 67.8 Å². The van der Waals surface area contributed by atoms with Crippen LogP contribution in [-0.4, -0.2) is 34.1 Å². The standard InChI is InChI=1S/C22H34N4O3Si/c1-2-29-30(27,28)18-8-13-25-15-14-23(20-25)11-6-7-12-24-16-17-26(21-24)19-22-9-4-3-5-10-22/h3-5,9-10,14-17,20-21,27-28H,2,6-8,11-13,18-19H2,1H3/q+2. The number of benzene rings is 1. The summed E-state index contributed by atoms with van der Waals surface area (Å²) in [5.74, 6) is 0. The van der Waals surface area contributed by atoms with Crippen LogP contribution in [0.3, 0.4) is 0 Å². The number of rotatable bonds is 13. The normalized spacial score (nSPS) is 11.8. The van der Waals surface area contributed by atoms with E-state index in [1.165, 1.54) is 5.56 Å². The van der Waals surface area contributed by atoms with Gasteiger partial charge in [-0.2, -0.15) is 0 Å². The van der Waals surface area contributed by atoms with Crippen LogP contribution >= 0.6 is 0 Å². The molecule has 0 aliphatic heterocycles. The Morgan fingerprint density at radius 1 is 0.900 bits per heavy atom. The summed E-state index contributed by atoms with van der Waals surface area (Å²) in [6, 6.07) is 10.8. The highest BCUT2D eigenvalue weighted by atomic mass is 28.4. The number of nitrogens with zero attached hydrogens (tertiary/aromatic N) is 4. The molecule has 7 nitrogen and oxygen atoms in total. The molecule has 0 aliphatic carbocycles. The second-order valence-electron chi connectivity index (χ2n) is 7.69. The minimum atomic E-state index is -3.45. The zero-order valence-electron chi connectivity index (χ0n) is 17.8. The van der Waals surface area contributed by atoms with Crippen LogP contribution in [0.1, 0.15) is 31.7 Å². The maximum Gasteiger partial charge on any atom is 0.495 e. The first kappa shape index (κ1) is 22.4. The molecule has 0 bridgehead atoms. The van der Waals surface area contributed by atoms with Gasteiger partial charge in [-0.15, -0.1) is 0 Å². The van der Waals surface area contributed by atoms with E-state index in [0.717, 1.165) is 39.0 Å². The molecule has 30 heavy (non-hydrogen) atoms. The van der Waals surface area contributed by atoms with Gasteiger partial charge in [-0.05, 0) is 31.7 Å². The molecule has 2 heterocycles. The SMILES string of the molecule is CCO[Si](O)(O)CCC[n+]1ccn(CCCCn2cc[n+](Cc3ccccc3)c2)c1. The van der Waals surface area contributed by atoms with Gasteiger partial charge in [0.2, 0.25) is 12.7 Å². The maximum absolute atomic E-state index is 9.76. The third-order valence-electron chi connectivity index (χ3n) is 5.08. The zero-order chi connectivity index (χ0) is 21.2. The van der Waals surface area contributed by atoms with Crippen LogP contribution in [0, 0.1) is 0 Å². The van der Waals surface area contributed by atoms with Crippen molar-refractivity contribution in [1.29, 1.82) is 0 Å². The van der Waals surface area contributed by atoms with E-state index in [1.54, 1.807) is 6.92 Å². The molecular weight excluding hydrogens is 396 g/mol. The second kappa shape index (κ2) is 11.2. The molecule has 2 aromatic heterocycles. The molecule has 0 aliphatic rings. The minimum Gasteiger partial charge on any atom is -0.390 e. The third-order valence-corrected chi connectivity index (χ3v) is 6.83. The Bertz CT molecular complexity index is 879. The van der Waals surface area contributed by atoms with Crippen LogP contribution in [0.25, 0.3) is 0 Å². The molecule has 0 radical (unpaired) electrons. The Kier molecular flexibility index (Phi) is 8.38. The molecule has 0 saturated carbocycles. The lowest BCUT2D eigenvalue weighted by atomic mass is 10.2. The molecular formula is C22H34N4O3Si+2. The van der Waals surface area contributed by atoms with Gasteiger partial charge < -0.3 is 14.0 Å². The van der Waals surface area contributed by atoms with Gasteiger partial charge >= 0.3 is 8.80 Å². The van der Waals surface area contributed by atoms with Gasteiger partial charge in [-0.3, -0.25) is 0 Å². The highest BCUT2D eigenvalue weighted by Crippen LogP contribution is 2.07. The molecule has 1 aromatic carbocycles. The average molecular weight is 431 g/mol. The summed E-state index contributed by atoms with van der Waals surface area (Å²) in [7, 11) is -3.45. The van der Waals surface area contributed by atoms with Crippen molar-refractivity contribution < 1.29 is 23.2 Å². The molecule has 8 heteroatoms. The molecule has 3 rings (SSSR count). The molecule has 3 aromatic rings. The molecule has 162 valence electrons. The summed E-state index contributed by atoms with van der Waals surface area (Å²) < 4.78 is 13.8. The van der Waals surface area contributed by atoms with Gasteiger partial charge in [-0.25, -0.2) is 18.3 Å². The molecule has 0 atom stereocenters. The monoisotopic (exact) mass is 430 g/mol. The fourth-order valence-electron chi connectivity index (χ4n) is 3.55. The van der Waals surface area contributed by atoms with Gasteiger partial charge in [0.15, 0.2) is 0 Å². The Morgan fingerprint density at radius 2 is 1.53 bits per heavy atom. The van der Waals surface area contributed by atoms with Crippen molar-refractivity contribution in [2.24, 2.45) is 0 Å². The topological polar surface area (TPSA) is 67.3 Å². The van der Waals surface area contributed by atoms with E-state index < -0.39 is 8.80 Å². The van der Waals surface area contributed by atoms with Crippen LogP contribution in [0.4, 0.5) is 0 Å². The highest BCUT2D eigenvalue weighted by molar-refractivity contribution is 6.57. The van der Waals surface area contributed by atoms with Crippen LogP contribution in [0.5, 0.6) is 0 Å². The first-order chi connectivity index (χ1) is 14.5. The van der Waals surface area contributed by atoms with Gasteiger partial charge in [0.25, 0.3) is 0 Å². The maximum atomic E-state index is 9.76. The molecule has 0 saturated heterocycles. The van der Waals surface area contributed by atoms with Gasteiger partial charge in [0.1, 0.15) is 31.3 Å². The van der Waals surface area contributed by atoms with Crippen molar-refractivity contribution in [2.45, 2.75) is 58.4 Å². The van der Waals surface area contributed by atoms with Crippen molar-refractivity contribution in [3.05, 3.63) is 73.3 Å². The lowest BCUT2D eigenvalue weighted by molar-refractivity contribution is -0.696.